The summed E-state index contributed by atoms with van der Waals surface area (Å²) < 4.78 is 56.5. The molecule has 0 saturated heterocycles. The van der Waals surface area contributed by atoms with Gasteiger partial charge in [-0.3, -0.25) is 4.79 Å². The number of benzene rings is 2. The number of halogens is 4. The van der Waals surface area contributed by atoms with Crippen LogP contribution in [0, 0.1) is 30.2 Å². The van der Waals surface area contributed by atoms with Crippen molar-refractivity contribution in [3.8, 4) is 11.1 Å². The maximum absolute atomic E-state index is 14.6. The molecule has 3 nitrogen and oxygen atoms in total. The van der Waals surface area contributed by atoms with Crippen LogP contribution in [0.4, 0.5) is 17.6 Å². The number of carbonyl (C=O) groups is 1. The van der Waals surface area contributed by atoms with Gasteiger partial charge in [-0.1, -0.05) is 6.07 Å². The van der Waals surface area contributed by atoms with Crippen molar-refractivity contribution in [2.45, 2.75) is 19.4 Å². The van der Waals surface area contributed by atoms with Gasteiger partial charge in [0.2, 0.25) is 0 Å². The van der Waals surface area contributed by atoms with Crippen LogP contribution in [0.25, 0.3) is 11.1 Å². The van der Waals surface area contributed by atoms with Gasteiger partial charge in [-0.15, -0.1) is 0 Å². The minimum atomic E-state index is -1.49. The van der Waals surface area contributed by atoms with Crippen molar-refractivity contribution >= 4 is 5.97 Å². The van der Waals surface area contributed by atoms with Crippen molar-refractivity contribution in [1.29, 1.82) is 0 Å². The molecule has 0 fully saturated rings. The summed E-state index contributed by atoms with van der Waals surface area (Å²) in [7, 11) is 0. The van der Waals surface area contributed by atoms with Crippen molar-refractivity contribution in [1.82, 2.24) is 0 Å². The first-order valence-corrected chi connectivity index (χ1v) is 6.64. The quantitative estimate of drug-likeness (QED) is 0.842. The third-order valence-corrected chi connectivity index (χ3v) is 3.41. The van der Waals surface area contributed by atoms with Crippen molar-refractivity contribution in [3.63, 3.8) is 0 Å². The Hall–Kier alpha value is -2.41. The van der Waals surface area contributed by atoms with E-state index in [0.29, 0.717) is 0 Å². The first-order chi connectivity index (χ1) is 10.7. The van der Waals surface area contributed by atoms with E-state index in [2.05, 4.69) is 0 Å². The molecule has 0 radical (unpaired) electrons. The summed E-state index contributed by atoms with van der Waals surface area (Å²) >= 11 is 0. The fraction of sp³-hybridized carbons (Fsp3) is 0.188. The van der Waals surface area contributed by atoms with Gasteiger partial charge in [0.1, 0.15) is 23.3 Å². The highest BCUT2D eigenvalue weighted by Crippen LogP contribution is 2.35. The number of hydrogen-bond donors (Lipinski definition) is 2. The minimum absolute atomic E-state index is 0.0973. The molecule has 0 heterocycles. The smallest absolute Gasteiger partial charge is 0.305 e. The van der Waals surface area contributed by atoms with Crippen molar-refractivity contribution in [3.05, 3.63) is 58.7 Å². The van der Waals surface area contributed by atoms with Crippen molar-refractivity contribution in [2.75, 3.05) is 0 Å². The summed E-state index contributed by atoms with van der Waals surface area (Å²) in [5, 5.41) is 8.73. The van der Waals surface area contributed by atoms with Crippen LogP contribution >= 0.6 is 0 Å². The molecular formula is C16H13F4NO2. The number of aryl methyl sites for hydroxylation is 1. The average molecular weight is 327 g/mol. The van der Waals surface area contributed by atoms with E-state index in [4.69, 9.17) is 10.8 Å². The van der Waals surface area contributed by atoms with Crippen molar-refractivity contribution < 1.29 is 27.5 Å². The number of hydrogen-bond acceptors (Lipinski definition) is 2. The molecular weight excluding hydrogens is 314 g/mol. The summed E-state index contributed by atoms with van der Waals surface area (Å²) in [6.07, 6.45) is -0.726. The van der Waals surface area contributed by atoms with Crippen LogP contribution < -0.4 is 5.73 Å². The fourth-order valence-corrected chi connectivity index (χ4v) is 2.35. The van der Waals surface area contributed by atoms with Crippen LogP contribution in [0.1, 0.15) is 23.6 Å². The molecule has 0 aliphatic carbocycles. The highest BCUT2D eigenvalue weighted by Gasteiger charge is 2.26. The molecule has 0 aromatic heterocycles. The van der Waals surface area contributed by atoms with E-state index in [0.717, 1.165) is 24.3 Å². The van der Waals surface area contributed by atoms with Gasteiger partial charge in [-0.05, 0) is 30.7 Å². The van der Waals surface area contributed by atoms with E-state index in [1.165, 1.54) is 6.92 Å². The lowest BCUT2D eigenvalue weighted by Gasteiger charge is -2.17. The van der Waals surface area contributed by atoms with E-state index in [-0.39, 0.29) is 5.56 Å². The Bertz CT molecular complexity index is 757. The lowest BCUT2D eigenvalue weighted by atomic mass is 9.93. The molecule has 7 heteroatoms. The van der Waals surface area contributed by atoms with E-state index >= 15 is 0 Å². The van der Waals surface area contributed by atoms with E-state index in [1.54, 1.807) is 0 Å². The monoisotopic (exact) mass is 327 g/mol. The van der Waals surface area contributed by atoms with Gasteiger partial charge < -0.3 is 10.8 Å². The zero-order chi connectivity index (χ0) is 17.3. The molecule has 2 aromatic rings. The predicted molar refractivity (Wildman–Crippen MR) is 75.6 cm³/mol. The predicted octanol–water partition coefficient (Wildman–Crippen LogP) is 3.69. The maximum Gasteiger partial charge on any atom is 0.305 e. The van der Waals surface area contributed by atoms with Crippen LogP contribution in [0.15, 0.2) is 24.3 Å². The Kier molecular flexibility index (Phi) is 4.70. The molecule has 23 heavy (non-hydrogen) atoms. The Morgan fingerprint density at radius 2 is 1.74 bits per heavy atom. The Labute approximate surface area is 129 Å². The molecule has 0 spiro atoms. The van der Waals surface area contributed by atoms with Crippen LogP contribution in [0.2, 0.25) is 0 Å². The van der Waals surface area contributed by atoms with Gasteiger partial charge in [0, 0.05) is 17.2 Å². The molecule has 0 aliphatic heterocycles. The molecule has 2 aromatic carbocycles. The standard InChI is InChI=1S/C16H13F4NO2/c1-7-5-8(13-9(17)3-2-4-10(13)18)16(20)14(15(7)19)11(21)6-12(22)23/h2-5,11H,6,21H2,1H3,(H,22,23). The Balaban J connectivity index is 2.73. The lowest BCUT2D eigenvalue weighted by Crippen LogP contribution is -2.19. The van der Waals surface area contributed by atoms with Gasteiger partial charge in [0.05, 0.1) is 12.0 Å². The molecule has 122 valence electrons. The normalized spacial score (nSPS) is 12.3. The summed E-state index contributed by atoms with van der Waals surface area (Å²) in [5.74, 6) is -5.70. The van der Waals surface area contributed by atoms with E-state index in [1.807, 2.05) is 0 Å². The molecule has 0 saturated carbocycles. The molecule has 0 amide bonds. The summed E-state index contributed by atoms with van der Waals surface area (Å²) in [6.45, 7) is 1.27. The first kappa shape index (κ1) is 17.0. The molecule has 3 N–H and O–H groups in total. The third kappa shape index (κ3) is 3.19. The van der Waals surface area contributed by atoms with E-state index in [9.17, 15) is 22.4 Å². The third-order valence-electron chi connectivity index (χ3n) is 3.41. The SMILES string of the molecule is Cc1cc(-c2c(F)cccc2F)c(F)c(C(N)CC(=O)O)c1F. The average Bonchev–Trinajstić information content (AvgIpc) is 2.43. The second-order valence-electron chi connectivity index (χ2n) is 5.08. The van der Waals surface area contributed by atoms with Crippen LogP contribution in [0.3, 0.4) is 0 Å². The summed E-state index contributed by atoms with van der Waals surface area (Å²) in [5.41, 5.74) is 3.58. The maximum atomic E-state index is 14.6. The highest BCUT2D eigenvalue weighted by atomic mass is 19.1. The number of rotatable bonds is 4. The highest BCUT2D eigenvalue weighted by molar-refractivity contribution is 5.70. The van der Waals surface area contributed by atoms with Gasteiger partial charge in [0.25, 0.3) is 0 Å². The molecule has 1 unspecified atom stereocenters. The topological polar surface area (TPSA) is 63.3 Å². The van der Waals surface area contributed by atoms with Gasteiger partial charge >= 0.3 is 5.97 Å². The summed E-state index contributed by atoms with van der Waals surface area (Å²) in [4.78, 5) is 10.7. The molecule has 0 bridgehead atoms. The van der Waals surface area contributed by atoms with Crippen LogP contribution in [-0.2, 0) is 4.79 Å². The number of carboxylic acid groups (broad SMARTS) is 1. The zero-order valence-corrected chi connectivity index (χ0v) is 12.0. The summed E-state index contributed by atoms with van der Waals surface area (Å²) in [6, 6.07) is 2.46. The Morgan fingerprint density at radius 3 is 2.26 bits per heavy atom. The Morgan fingerprint density at radius 1 is 1.17 bits per heavy atom. The second-order valence-corrected chi connectivity index (χ2v) is 5.08. The second kappa shape index (κ2) is 6.37. The van der Waals surface area contributed by atoms with E-state index < -0.39 is 58.4 Å². The number of carboxylic acids is 1. The van der Waals surface area contributed by atoms with Crippen LogP contribution in [0.5, 0.6) is 0 Å². The largest absolute Gasteiger partial charge is 0.481 e. The van der Waals surface area contributed by atoms with Gasteiger partial charge in [-0.25, -0.2) is 17.6 Å². The molecule has 2 rings (SSSR count). The van der Waals surface area contributed by atoms with Gasteiger partial charge in [0.15, 0.2) is 0 Å². The first-order valence-electron chi connectivity index (χ1n) is 6.64. The number of aliphatic carboxylic acids is 1. The fourth-order valence-electron chi connectivity index (χ4n) is 2.35. The van der Waals surface area contributed by atoms with Crippen molar-refractivity contribution in [2.24, 2.45) is 5.73 Å². The zero-order valence-electron chi connectivity index (χ0n) is 12.0. The van der Waals surface area contributed by atoms with Crippen LogP contribution in [-0.4, -0.2) is 11.1 Å². The van der Waals surface area contributed by atoms with Gasteiger partial charge in [-0.2, -0.15) is 0 Å². The molecule has 1 atom stereocenters. The molecule has 0 aliphatic rings. The number of nitrogens with two attached hydrogens (primary N) is 1. The lowest BCUT2D eigenvalue weighted by molar-refractivity contribution is -0.137. The minimum Gasteiger partial charge on any atom is -0.481 e.